The smallest absolute Gasteiger partial charge is 0.328 e. The first-order chi connectivity index (χ1) is 13.5. The van der Waals surface area contributed by atoms with E-state index >= 15 is 0 Å². The molecule has 1 N–H and O–H groups in total. The highest BCUT2D eigenvalue weighted by molar-refractivity contribution is 6.04. The summed E-state index contributed by atoms with van der Waals surface area (Å²) >= 11 is 0. The van der Waals surface area contributed by atoms with E-state index in [2.05, 4.69) is 10.5 Å². The zero-order chi connectivity index (χ0) is 19.6. The van der Waals surface area contributed by atoms with Crippen LogP contribution in [0.15, 0.2) is 78.0 Å². The minimum absolute atomic E-state index is 0.237. The molecule has 1 heterocycles. The Kier molecular flexibility index (Phi) is 4.77. The molecule has 0 aliphatic carbocycles. The van der Waals surface area contributed by atoms with Gasteiger partial charge in [-0.2, -0.15) is 8.78 Å². The maximum atomic E-state index is 14.5. The number of nitrogens with one attached hydrogen (secondary N) is 1. The molecule has 1 amide bonds. The van der Waals surface area contributed by atoms with Crippen molar-refractivity contribution < 1.29 is 18.4 Å². The van der Waals surface area contributed by atoms with E-state index in [1.807, 2.05) is 48.5 Å². The maximum absolute atomic E-state index is 14.5. The summed E-state index contributed by atoms with van der Waals surface area (Å²) in [4.78, 5) is 17.4. The molecule has 1 aliphatic rings. The fourth-order valence-corrected chi connectivity index (χ4v) is 3.27. The number of fused-ring (bicyclic) bond motifs is 1. The number of hydrogen-bond donors (Lipinski definition) is 1. The van der Waals surface area contributed by atoms with E-state index in [1.165, 1.54) is 0 Å². The van der Waals surface area contributed by atoms with Crippen LogP contribution in [0.25, 0.3) is 10.8 Å². The van der Waals surface area contributed by atoms with Crippen LogP contribution in [0, 0.1) is 0 Å². The van der Waals surface area contributed by atoms with Gasteiger partial charge < -0.3 is 10.2 Å². The van der Waals surface area contributed by atoms with Crippen molar-refractivity contribution in [3.63, 3.8) is 0 Å². The minimum atomic E-state index is -3.58. The Labute approximate surface area is 160 Å². The van der Waals surface area contributed by atoms with Gasteiger partial charge in [0.25, 0.3) is 5.91 Å². The van der Waals surface area contributed by atoms with Gasteiger partial charge in [-0.15, -0.1) is 0 Å². The van der Waals surface area contributed by atoms with Gasteiger partial charge in [0.2, 0.25) is 0 Å². The first kappa shape index (κ1) is 18.1. The molecule has 0 radical (unpaired) electrons. The molecular weight excluding hydrogens is 362 g/mol. The van der Waals surface area contributed by atoms with Crippen molar-refractivity contribution in [3.05, 3.63) is 78.4 Å². The summed E-state index contributed by atoms with van der Waals surface area (Å²) in [7, 11) is 0. The third-order valence-electron chi connectivity index (χ3n) is 4.69. The van der Waals surface area contributed by atoms with Gasteiger partial charge in [-0.25, -0.2) is 0 Å². The number of amides is 1. The van der Waals surface area contributed by atoms with E-state index in [0.717, 1.165) is 10.9 Å². The molecule has 0 fully saturated rings. The number of nitrogens with zero attached hydrogens (tertiary/aromatic N) is 1. The molecule has 1 aliphatic heterocycles. The third-order valence-corrected chi connectivity index (χ3v) is 4.69. The SMILES string of the molecule is O=C(Nc1cccc2ccccc12)C(F)(F)CC1CC(c2ccccc2)=NO1. The number of rotatable bonds is 5. The highest BCUT2D eigenvalue weighted by atomic mass is 19.3. The van der Waals surface area contributed by atoms with Gasteiger partial charge in [0.1, 0.15) is 6.10 Å². The van der Waals surface area contributed by atoms with Gasteiger partial charge in [-0.1, -0.05) is 71.9 Å². The first-order valence-corrected chi connectivity index (χ1v) is 8.98. The van der Waals surface area contributed by atoms with E-state index in [1.54, 1.807) is 24.3 Å². The van der Waals surface area contributed by atoms with Gasteiger partial charge in [0.15, 0.2) is 0 Å². The van der Waals surface area contributed by atoms with Crippen LogP contribution in [0.1, 0.15) is 18.4 Å². The second kappa shape index (κ2) is 7.38. The summed E-state index contributed by atoms with van der Waals surface area (Å²) in [6, 6.07) is 21.7. The highest BCUT2D eigenvalue weighted by Crippen LogP contribution is 2.30. The summed E-state index contributed by atoms with van der Waals surface area (Å²) in [6.07, 6.45) is -1.34. The van der Waals surface area contributed by atoms with E-state index < -0.39 is 24.4 Å². The van der Waals surface area contributed by atoms with Crippen LogP contribution < -0.4 is 5.32 Å². The standard InChI is InChI=1S/C22H18F2N2O2/c23-22(24,14-17-13-20(26-28-17)16-8-2-1-3-9-16)21(27)25-19-12-6-10-15-7-4-5-11-18(15)19/h1-12,17H,13-14H2,(H,25,27). The van der Waals surface area contributed by atoms with Crippen LogP contribution >= 0.6 is 0 Å². The Bertz CT molecular complexity index is 1030. The van der Waals surface area contributed by atoms with Crippen molar-refractivity contribution in [2.45, 2.75) is 24.9 Å². The largest absolute Gasteiger partial charge is 0.392 e. The second-order valence-electron chi connectivity index (χ2n) is 6.72. The molecule has 4 rings (SSSR count). The number of hydrogen-bond acceptors (Lipinski definition) is 3. The Hall–Kier alpha value is -3.28. The number of benzene rings is 3. The highest BCUT2D eigenvalue weighted by Gasteiger charge is 2.43. The average molecular weight is 380 g/mol. The Morgan fingerprint density at radius 3 is 2.57 bits per heavy atom. The zero-order valence-electron chi connectivity index (χ0n) is 14.9. The molecule has 28 heavy (non-hydrogen) atoms. The predicted octanol–water partition coefficient (Wildman–Crippen LogP) is 5.00. The van der Waals surface area contributed by atoms with E-state index in [4.69, 9.17) is 4.84 Å². The number of carbonyl (C=O) groups is 1. The summed E-state index contributed by atoms with van der Waals surface area (Å²) in [6.45, 7) is 0. The molecule has 0 bridgehead atoms. The molecule has 0 aromatic heterocycles. The topological polar surface area (TPSA) is 50.7 Å². The summed E-state index contributed by atoms with van der Waals surface area (Å²) < 4.78 is 29.1. The molecule has 0 saturated carbocycles. The normalized spacial score (nSPS) is 16.5. The molecule has 0 saturated heterocycles. The lowest BCUT2D eigenvalue weighted by atomic mass is 10.0. The van der Waals surface area contributed by atoms with Gasteiger partial charge in [0, 0.05) is 17.5 Å². The van der Waals surface area contributed by atoms with Crippen molar-refractivity contribution in [2.75, 3.05) is 5.32 Å². The fourth-order valence-electron chi connectivity index (χ4n) is 3.27. The average Bonchev–Trinajstić information content (AvgIpc) is 3.17. The first-order valence-electron chi connectivity index (χ1n) is 8.98. The Balaban J connectivity index is 1.43. The van der Waals surface area contributed by atoms with E-state index in [0.29, 0.717) is 16.8 Å². The summed E-state index contributed by atoms with van der Waals surface area (Å²) in [5.74, 6) is -4.93. The molecular formula is C22H18F2N2O2. The van der Waals surface area contributed by atoms with Gasteiger partial charge in [0.05, 0.1) is 12.1 Å². The minimum Gasteiger partial charge on any atom is -0.392 e. The number of carbonyl (C=O) groups excluding carboxylic acids is 1. The lowest BCUT2D eigenvalue weighted by Crippen LogP contribution is -2.38. The Morgan fingerprint density at radius 2 is 1.75 bits per heavy atom. The molecule has 0 spiro atoms. The predicted molar refractivity (Wildman–Crippen MR) is 105 cm³/mol. The molecule has 1 unspecified atom stereocenters. The molecule has 1 atom stereocenters. The molecule has 142 valence electrons. The Morgan fingerprint density at radius 1 is 1.04 bits per heavy atom. The van der Waals surface area contributed by atoms with Gasteiger partial charge in [-0.05, 0) is 17.0 Å². The van der Waals surface area contributed by atoms with Gasteiger partial charge >= 0.3 is 5.92 Å². The number of halogens is 2. The summed E-state index contributed by atoms with van der Waals surface area (Å²) in [5, 5.41) is 7.84. The van der Waals surface area contributed by atoms with Crippen molar-refractivity contribution in [3.8, 4) is 0 Å². The van der Waals surface area contributed by atoms with Crippen molar-refractivity contribution in [1.29, 1.82) is 0 Å². The maximum Gasteiger partial charge on any atom is 0.328 e. The summed E-state index contributed by atoms with van der Waals surface area (Å²) in [5.41, 5.74) is 1.79. The number of oxime groups is 1. The second-order valence-corrected chi connectivity index (χ2v) is 6.72. The molecule has 3 aromatic carbocycles. The fraction of sp³-hybridized carbons (Fsp3) is 0.182. The van der Waals surface area contributed by atoms with Crippen LogP contribution in [-0.2, 0) is 9.63 Å². The quantitative estimate of drug-likeness (QED) is 0.677. The number of alkyl halides is 2. The monoisotopic (exact) mass is 380 g/mol. The molecule has 6 heteroatoms. The van der Waals surface area contributed by atoms with Crippen molar-refractivity contribution >= 4 is 28.1 Å². The molecule has 4 nitrogen and oxygen atoms in total. The van der Waals surface area contributed by atoms with E-state index in [9.17, 15) is 13.6 Å². The van der Waals surface area contributed by atoms with Crippen LogP contribution in [-0.4, -0.2) is 23.6 Å². The van der Waals surface area contributed by atoms with Crippen molar-refractivity contribution in [1.82, 2.24) is 0 Å². The van der Waals surface area contributed by atoms with E-state index in [-0.39, 0.29) is 6.42 Å². The zero-order valence-corrected chi connectivity index (χ0v) is 14.9. The van der Waals surface area contributed by atoms with Crippen LogP contribution in [0.5, 0.6) is 0 Å². The van der Waals surface area contributed by atoms with Crippen LogP contribution in [0.4, 0.5) is 14.5 Å². The van der Waals surface area contributed by atoms with Gasteiger partial charge in [-0.3, -0.25) is 4.79 Å². The van der Waals surface area contributed by atoms with Crippen LogP contribution in [0.3, 0.4) is 0 Å². The lowest BCUT2D eigenvalue weighted by molar-refractivity contribution is -0.144. The van der Waals surface area contributed by atoms with Crippen molar-refractivity contribution in [2.24, 2.45) is 5.16 Å². The third kappa shape index (κ3) is 3.71. The van der Waals surface area contributed by atoms with Crippen LogP contribution in [0.2, 0.25) is 0 Å². The molecule has 3 aromatic rings. The lowest BCUT2D eigenvalue weighted by Gasteiger charge is -2.19. The number of anilines is 1.